The number of nitrogens with zero attached hydrogens (tertiary/aromatic N) is 1. The van der Waals surface area contributed by atoms with Gasteiger partial charge in [0.2, 0.25) is 0 Å². The van der Waals surface area contributed by atoms with Crippen molar-refractivity contribution in [1.82, 2.24) is 5.43 Å². The molecule has 0 aliphatic rings. The Morgan fingerprint density at radius 3 is 2.50 bits per heavy atom. The van der Waals surface area contributed by atoms with Gasteiger partial charge in [-0.25, -0.2) is 5.43 Å². The number of nitrogens with two attached hydrogens (primary N) is 1. The number of benzene rings is 2. The summed E-state index contributed by atoms with van der Waals surface area (Å²) in [5.74, 6) is -0.326. The number of allylic oxidation sites excluding steroid dienone is 1. The maximum Gasteiger partial charge on any atom is 0.273 e. The minimum absolute atomic E-state index is 0.326. The van der Waals surface area contributed by atoms with Crippen molar-refractivity contribution in [3.8, 4) is 0 Å². The molecule has 2 aromatic carbocycles. The molecule has 0 atom stereocenters. The number of carbonyl (C=O) groups excluding carboxylic acids is 1. The Morgan fingerprint density at radius 2 is 1.75 bits per heavy atom. The molecule has 20 heavy (non-hydrogen) atoms. The summed E-state index contributed by atoms with van der Waals surface area (Å²) in [7, 11) is 0. The molecule has 100 valence electrons. The van der Waals surface area contributed by atoms with Crippen LogP contribution < -0.4 is 11.2 Å². The van der Waals surface area contributed by atoms with Gasteiger partial charge in [0.1, 0.15) is 0 Å². The fraction of sp³-hybridized carbons (Fsp3) is 0. The second-order valence-electron chi connectivity index (χ2n) is 4.08. The number of para-hydroxylation sites is 1. The van der Waals surface area contributed by atoms with Crippen LogP contribution in [0.15, 0.2) is 65.8 Å². The van der Waals surface area contributed by atoms with E-state index in [0.717, 1.165) is 5.56 Å². The molecule has 1 amide bonds. The van der Waals surface area contributed by atoms with Gasteiger partial charge in [-0.3, -0.25) is 4.79 Å². The zero-order chi connectivity index (χ0) is 14.2. The van der Waals surface area contributed by atoms with Crippen LogP contribution in [0, 0.1) is 0 Å². The molecule has 0 aromatic heterocycles. The SMILES string of the molecule is Nc1ccccc1C(=O)N/N=C/C=C/c1ccccc1. The van der Waals surface area contributed by atoms with Crippen LogP contribution in [0.4, 0.5) is 5.69 Å². The quantitative estimate of drug-likeness (QED) is 0.507. The van der Waals surface area contributed by atoms with Crippen molar-refractivity contribution in [3.05, 3.63) is 71.8 Å². The van der Waals surface area contributed by atoms with Gasteiger partial charge in [0.25, 0.3) is 5.91 Å². The summed E-state index contributed by atoms with van der Waals surface area (Å²) < 4.78 is 0. The van der Waals surface area contributed by atoms with E-state index in [2.05, 4.69) is 10.5 Å². The van der Waals surface area contributed by atoms with E-state index in [9.17, 15) is 4.79 Å². The molecule has 0 fully saturated rings. The van der Waals surface area contributed by atoms with Crippen molar-refractivity contribution in [2.24, 2.45) is 5.10 Å². The van der Waals surface area contributed by atoms with Gasteiger partial charge in [-0.15, -0.1) is 0 Å². The molecule has 0 saturated heterocycles. The zero-order valence-corrected chi connectivity index (χ0v) is 10.9. The average molecular weight is 265 g/mol. The number of anilines is 1. The van der Waals surface area contributed by atoms with Gasteiger partial charge < -0.3 is 5.73 Å². The van der Waals surface area contributed by atoms with Gasteiger partial charge in [0.15, 0.2) is 0 Å². The van der Waals surface area contributed by atoms with E-state index >= 15 is 0 Å². The van der Waals surface area contributed by atoms with Gasteiger partial charge in [-0.2, -0.15) is 5.10 Å². The van der Waals surface area contributed by atoms with Gasteiger partial charge in [0, 0.05) is 11.9 Å². The highest BCUT2D eigenvalue weighted by Crippen LogP contribution is 2.09. The van der Waals surface area contributed by atoms with E-state index in [1.165, 1.54) is 6.21 Å². The van der Waals surface area contributed by atoms with Crippen molar-refractivity contribution >= 4 is 23.9 Å². The molecule has 0 bridgehead atoms. The zero-order valence-electron chi connectivity index (χ0n) is 10.9. The molecule has 0 aliphatic carbocycles. The normalized spacial score (nSPS) is 11.0. The smallest absolute Gasteiger partial charge is 0.273 e. The van der Waals surface area contributed by atoms with Gasteiger partial charge in [-0.1, -0.05) is 48.5 Å². The number of amides is 1. The Balaban J connectivity index is 1.89. The maximum atomic E-state index is 11.8. The lowest BCUT2D eigenvalue weighted by Crippen LogP contribution is -2.18. The molecule has 2 aromatic rings. The van der Waals surface area contributed by atoms with E-state index in [1.54, 1.807) is 30.3 Å². The van der Waals surface area contributed by atoms with E-state index in [1.807, 2.05) is 36.4 Å². The fourth-order valence-electron chi connectivity index (χ4n) is 1.62. The molecule has 3 N–H and O–H groups in total. The number of nitrogens with one attached hydrogen (secondary N) is 1. The van der Waals surface area contributed by atoms with Gasteiger partial charge in [-0.05, 0) is 23.8 Å². The number of carbonyl (C=O) groups is 1. The first-order valence-electron chi connectivity index (χ1n) is 6.17. The predicted molar refractivity (Wildman–Crippen MR) is 82.3 cm³/mol. The molecular weight excluding hydrogens is 250 g/mol. The summed E-state index contributed by atoms with van der Waals surface area (Å²) in [5, 5.41) is 3.84. The van der Waals surface area contributed by atoms with Gasteiger partial charge >= 0.3 is 0 Å². The lowest BCUT2D eigenvalue weighted by Gasteiger charge is -2.02. The molecule has 0 heterocycles. The Labute approximate surface area is 117 Å². The largest absolute Gasteiger partial charge is 0.398 e. The van der Waals surface area contributed by atoms with Crippen molar-refractivity contribution in [1.29, 1.82) is 0 Å². The first-order valence-corrected chi connectivity index (χ1v) is 6.17. The monoisotopic (exact) mass is 265 g/mol. The molecular formula is C16H15N3O. The van der Waals surface area contributed by atoms with E-state index in [0.29, 0.717) is 11.3 Å². The molecule has 0 aliphatic heterocycles. The summed E-state index contributed by atoms with van der Waals surface area (Å²) in [6, 6.07) is 16.7. The van der Waals surface area contributed by atoms with Crippen molar-refractivity contribution in [2.75, 3.05) is 5.73 Å². The van der Waals surface area contributed by atoms with Crippen molar-refractivity contribution in [2.45, 2.75) is 0 Å². The van der Waals surface area contributed by atoms with Crippen LogP contribution in [0.3, 0.4) is 0 Å². The van der Waals surface area contributed by atoms with Crippen LogP contribution in [0.2, 0.25) is 0 Å². The third-order valence-corrected chi connectivity index (χ3v) is 2.62. The summed E-state index contributed by atoms with van der Waals surface area (Å²) in [4.78, 5) is 11.8. The fourth-order valence-corrected chi connectivity index (χ4v) is 1.62. The van der Waals surface area contributed by atoms with Crippen molar-refractivity contribution < 1.29 is 4.79 Å². The van der Waals surface area contributed by atoms with Crippen LogP contribution in [0.1, 0.15) is 15.9 Å². The molecule has 0 radical (unpaired) electrons. The topological polar surface area (TPSA) is 67.5 Å². The lowest BCUT2D eigenvalue weighted by molar-refractivity contribution is 0.0956. The van der Waals surface area contributed by atoms with Crippen LogP contribution >= 0.6 is 0 Å². The van der Waals surface area contributed by atoms with E-state index < -0.39 is 0 Å². The number of nitrogen functional groups attached to an aromatic ring is 1. The Kier molecular flexibility index (Phi) is 4.67. The predicted octanol–water partition coefficient (Wildman–Crippen LogP) is 2.70. The molecule has 0 spiro atoms. The van der Waals surface area contributed by atoms with Crippen LogP contribution in [0.25, 0.3) is 6.08 Å². The minimum Gasteiger partial charge on any atom is -0.398 e. The highest BCUT2D eigenvalue weighted by Gasteiger charge is 2.06. The summed E-state index contributed by atoms with van der Waals surface area (Å²) in [5.41, 5.74) is 10.0. The minimum atomic E-state index is -0.326. The summed E-state index contributed by atoms with van der Waals surface area (Å²) in [6.07, 6.45) is 5.17. The number of hydrazone groups is 1. The second kappa shape index (κ2) is 6.89. The average Bonchev–Trinajstić information content (AvgIpc) is 2.48. The third-order valence-electron chi connectivity index (χ3n) is 2.62. The molecule has 0 saturated carbocycles. The highest BCUT2D eigenvalue weighted by atomic mass is 16.2. The molecule has 4 heteroatoms. The lowest BCUT2D eigenvalue weighted by atomic mass is 10.2. The van der Waals surface area contributed by atoms with E-state index in [4.69, 9.17) is 5.73 Å². The van der Waals surface area contributed by atoms with Crippen molar-refractivity contribution in [3.63, 3.8) is 0 Å². The van der Waals surface area contributed by atoms with Gasteiger partial charge in [0.05, 0.1) is 5.56 Å². The second-order valence-corrected chi connectivity index (χ2v) is 4.08. The Morgan fingerprint density at radius 1 is 1.05 bits per heavy atom. The maximum absolute atomic E-state index is 11.8. The first-order chi connectivity index (χ1) is 9.77. The molecule has 0 unspecified atom stereocenters. The molecule has 4 nitrogen and oxygen atoms in total. The number of rotatable bonds is 4. The summed E-state index contributed by atoms with van der Waals surface area (Å²) >= 11 is 0. The number of hydrogen-bond acceptors (Lipinski definition) is 3. The molecule has 2 rings (SSSR count). The first kappa shape index (κ1) is 13.5. The van der Waals surface area contributed by atoms with Crippen LogP contribution in [-0.4, -0.2) is 12.1 Å². The Hall–Kier alpha value is -2.88. The third kappa shape index (κ3) is 3.81. The summed E-state index contributed by atoms with van der Waals surface area (Å²) in [6.45, 7) is 0. The highest BCUT2D eigenvalue weighted by molar-refractivity contribution is 5.99. The van der Waals surface area contributed by atoms with Crippen LogP contribution in [-0.2, 0) is 0 Å². The Bertz CT molecular complexity index is 633. The van der Waals surface area contributed by atoms with Crippen LogP contribution in [0.5, 0.6) is 0 Å². The number of hydrogen-bond donors (Lipinski definition) is 2. The standard InChI is InChI=1S/C16H15N3O/c17-15-11-5-4-10-14(15)16(20)19-18-12-6-9-13-7-2-1-3-8-13/h1-12H,17H2,(H,19,20)/b9-6+,18-12+. The van der Waals surface area contributed by atoms with E-state index in [-0.39, 0.29) is 5.91 Å².